The minimum Gasteiger partial charge on any atom is -0.135 e. The van der Waals surface area contributed by atoms with E-state index in [0.29, 0.717) is 0 Å². The predicted octanol–water partition coefficient (Wildman–Crippen LogP) is 9.86. The number of aryl methyl sites for hydroxylation is 2. The lowest BCUT2D eigenvalue weighted by Gasteiger charge is -2.16. The molecule has 0 amide bonds. The second-order valence-electron chi connectivity index (χ2n) is 8.58. The molecule has 2 aromatic heterocycles. The van der Waals surface area contributed by atoms with Gasteiger partial charge in [0.2, 0.25) is 0 Å². The first-order chi connectivity index (χ1) is 15.7. The summed E-state index contributed by atoms with van der Waals surface area (Å²) in [5.74, 6) is 0. The molecule has 152 valence electrons. The summed E-state index contributed by atoms with van der Waals surface area (Å²) in [6.07, 6.45) is 0. The van der Waals surface area contributed by atoms with Gasteiger partial charge in [-0.1, -0.05) is 66.7 Å². The lowest BCUT2D eigenvalue weighted by Crippen LogP contribution is -1.91. The van der Waals surface area contributed by atoms with Crippen LogP contribution in [0.25, 0.3) is 62.2 Å². The first kappa shape index (κ1) is 18.4. The molecule has 0 nitrogen and oxygen atoms in total. The van der Waals surface area contributed by atoms with Crippen molar-refractivity contribution in [1.29, 1.82) is 0 Å². The van der Waals surface area contributed by atoms with Crippen LogP contribution in [0.2, 0.25) is 0 Å². The molecule has 0 spiro atoms. The molecule has 2 heteroatoms. The third-order valence-electron chi connectivity index (χ3n) is 6.79. The van der Waals surface area contributed by atoms with Gasteiger partial charge in [0.25, 0.3) is 0 Å². The Balaban J connectivity index is 1.85. The van der Waals surface area contributed by atoms with Gasteiger partial charge in [0.15, 0.2) is 0 Å². The van der Waals surface area contributed by atoms with Crippen LogP contribution in [0.5, 0.6) is 0 Å². The van der Waals surface area contributed by atoms with Crippen LogP contribution < -0.4 is 0 Å². The van der Waals surface area contributed by atoms with E-state index in [-0.39, 0.29) is 0 Å². The predicted molar refractivity (Wildman–Crippen MR) is 145 cm³/mol. The Labute approximate surface area is 194 Å². The molecular formula is C30H20S2. The average Bonchev–Trinajstić information content (AvgIpc) is 3.39. The van der Waals surface area contributed by atoms with E-state index >= 15 is 0 Å². The van der Waals surface area contributed by atoms with Gasteiger partial charge in [-0.3, -0.25) is 0 Å². The van der Waals surface area contributed by atoms with Gasteiger partial charge in [0.1, 0.15) is 0 Å². The van der Waals surface area contributed by atoms with Crippen molar-refractivity contribution >= 4 is 73.8 Å². The average molecular weight is 445 g/mol. The zero-order valence-electron chi connectivity index (χ0n) is 17.9. The maximum atomic E-state index is 2.37. The molecule has 0 aliphatic heterocycles. The molecule has 0 N–H and O–H groups in total. The van der Waals surface area contributed by atoms with Crippen LogP contribution in [0.4, 0.5) is 0 Å². The molecule has 0 aliphatic rings. The fourth-order valence-electron chi connectivity index (χ4n) is 5.36. The van der Waals surface area contributed by atoms with Gasteiger partial charge in [0.05, 0.1) is 0 Å². The Kier molecular flexibility index (Phi) is 3.82. The Morgan fingerprint density at radius 1 is 0.500 bits per heavy atom. The number of hydrogen-bond acceptors (Lipinski definition) is 2. The van der Waals surface area contributed by atoms with Crippen molar-refractivity contribution in [3.05, 3.63) is 96.1 Å². The smallest absolute Gasteiger partial charge is 0.0397 e. The standard InChI is InChI=1S/C30H20S2/c1-17-9-3-4-10-19(17)26-18(2)30-29(21-12-6-8-14-24(21)32-30)28-22(26)15-16-25-27(28)20-11-5-7-13-23(20)31-25/h3-16H,1-2H3. The largest absolute Gasteiger partial charge is 0.135 e. The van der Waals surface area contributed by atoms with Crippen molar-refractivity contribution in [2.75, 3.05) is 0 Å². The van der Waals surface area contributed by atoms with Crippen LogP contribution in [0.15, 0.2) is 84.9 Å². The number of benzene rings is 5. The number of hydrogen-bond donors (Lipinski definition) is 0. The first-order valence-corrected chi connectivity index (χ1v) is 12.6. The zero-order valence-corrected chi connectivity index (χ0v) is 19.5. The molecule has 2 heterocycles. The molecule has 0 saturated heterocycles. The highest BCUT2D eigenvalue weighted by Gasteiger charge is 2.21. The molecule has 0 saturated carbocycles. The lowest BCUT2D eigenvalue weighted by atomic mass is 9.87. The number of rotatable bonds is 1. The molecule has 0 fully saturated rings. The lowest BCUT2D eigenvalue weighted by molar-refractivity contribution is 1.45. The van der Waals surface area contributed by atoms with Gasteiger partial charge in [-0.05, 0) is 59.7 Å². The van der Waals surface area contributed by atoms with E-state index in [1.807, 2.05) is 22.7 Å². The fourth-order valence-corrected chi connectivity index (χ4v) is 7.69. The van der Waals surface area contributed by atoms with Crippen molar-refractivity contribution < 1.29 is 0 Å². The van der Waals surface area contributed by atoms with Crippen molar-refractivity contribution in [3.63, 3.8) is 0 Å². The van der Waals surface area contributed by atoms with Crippen molar-refractivity contribution in [2.45, 2.75) is 13.8 Å². The second kappa shape index (κ2) is 6.65. The fraction of sp³-hybridized carbons (Fsp3) is 0.0667. The van der Waals surface area contributed by atoms with E-state index in [1.54, 1.807) is 0 Å². The molecule has 0 atom stereocenters. The van der Waals surface area contributed by atoms with Crippen LogP contribution in [-0.4, -0.2) is 0 Å². The molecular weight excluding hydrogens is 424 g/mol. The van der Waals surface area contributed by atoms with Crippen molar-refractivity contribution in [1.82, 2.24) is 0 Å². The summed E-state index contributed by atoms with van der Waals surface area (Å²) in [4.78, 5) is 0. The summed E-state index contributed by atoms with van der Waals surface area (Å²) in [7, 11) is 0. The Hall–Kier alpha value is -3.20. The maximum Gasteiger partial charge on any atom is 0.0397 e. The van der Waals surface area contributed by atoms with Crippen LogP contribution in [-0.2, 0) is 0 Å². The van der Waals surface area contributed by atoms with E-state index < -0.39 is 0 Å². The number of fused-ring (bicyclic) bond motifs is 9. The topological polar surface area (TPSA) is 0 Å². The molecule has 0 aliphatic carbocycles. The first-order valence-electron chi connectivity index (χ1n) is 11.0. The summed E-state index contributed by atoms with van der Waals surface area (Å²) < 4.78 is 5.51. The van der Waals surface area contributed by atoms with E-state index in [9.17, 15) is 0 Å². The number of thiophene rings is 2. The monoisotopic (exact) mass is 444 g/mol. The Morgan fingerprint density at radius 2 is 1.16 bits per heavy atom. The molecule has 0 radical (unpaired) electrons. The molecule has 0 unspecified atom stereocenters. The van der Waals surface area contributed by atoms with Gasteiger partial charge in [-0.25, -0.2) is 0 Å². The van der Waals surface area contributed by atoms with E-state index in [1.165, 1.54) is 73.4 Å². The van der Waals surface area contributed by atoms with Gasteiger partial charge >= 0.3 is 0 Å². The Bertz CT molecular complexity index is 1850. The minimum absolute atomic E-state index is 1.33. The third-order valence-corrected chi connectivity index (χ3v) is 9.21. The van der Waals surface area contributed by atoms with Gasteiger partial charge in [-0.2, -0.15) is 0 Å². The summed E-state index contributed by atoms with van der Waals surface area (Å²) in [5.41, 5.74) is 5.44. The molecule has 7 rings (SSSR count). The van der Waals surface area contributed by atoms with E-state index in [0.717, 1.165) is 0 Å². The summed E-state index contributed by atoms with van der Waals surface area (Å²) in [6, 6.07) is 31.3. The molecule has 32 heavy (non-hydrogen) atoms. The van der Waals surface area contributed by atoms with Gasteiger partial charge in [-0.15, -0.1) is 22.7 Å². The zero-order chi connectivity index (χ0) is 21.4. The van der Waals surface area contributed by atoms with Crippen LogP contribution >= 0.6 is 22.7 Å². The summed E-state index contributed by atoms with van der Waals surface area (Å²) >= 11 is 3.84. The van der Waals surface area contributed by atoms with Crippen molar-refractivity contribution in [3.8, 4) is 11.1 Å². The minimum atomic E-state index is 1.33. The highest BCUT2D eigenvalue weighted by atomic mass is 32.1. The van der Waals surface area contributed by atoms with Gasteiger partial charge in [0, 0.05) is 45.7 Å². The SMILES string of the molecule is Cc1ccccc1-c1c(C)c2sc3ccccc3c2c2c1ccc1sc3ccccc3c12. The van der Waals surface area contributed by atoms with Crippen molar-refractivity contribution in [2.24, 2.45) is 0 Å². The maximum absolute atomic E-state index is 2.37. The normalized spacial score (nSPS) is 12.1. The highest BCUT2D eigenvalue weighted by molar-refractivity contribution is 7.27. The summed E-state index contributed by atoms with van der Waals surface area (Å²) in [5, 5.41) is 8.35. The van der Waals surface area contributed by atoms with E-state index in [2.05, 4.69) is 98.8 Å². The van der Waals surface area contributed by atoms with Crippen LogP contribution in [0, 0.1) is 13.8 Å². The van der Waals surface area contributed by atoms with Gasteiger partial charge < -0.3 is 0 Å². The third kappa shape index (κ3) is 2.37. The Morgan fingerprint density at radius 3 is 1.94 bits per heavy atom. The highest BCUT2D eigenvalue weighted by Crippen LogP contribution is 2.50. The second-order valence-corrected chi connectivity index (χ2v) is 10.7. The van der Waals surface area contributed by atoms with Crippen LogP contribution in [0.3, 0.4) is 0 Å². The molecule has 5 aromatic carbocycles. The van der Waals surface area contributed by atoms with Crippen LogP contribution in [0.1, 0.15) is 11.1 Å². The molecule has 0 bridgehead atoms. The van der Waals surface area contributed by atoms with E-state index in [4.69, 9.17) is 0 Å². The molecule has 7 aromatic rings. The quantitative estimate of drug-likeness (QED) is 0.236. The summed E-state index contributed by atoms with van der Waals surface area (Å²) in [6.45, 7) is 4.54.